The second-order valence-corrected chi connectivity index (χ2v) is 13.1. The van der Waals surface area contributed by atoms with Gasteiger partial charge in [0.2, 0.25) is 0 Å². The minimum absolute atomic E-state index is 0.0481. The summed E-state index contributed by atoms with van der Waals surface area (Å²) in [5, 5.41) is 27.2. The fraction of sp³-hybridized carbons (Fsp3) is 0.364. The van der Waals surface area contributed by atoms with Crippen LogP contribution in [-0.2, 0) is 5.54 Å². The standard InChI is InChI=1S/C33H30ClF3N8/c1-31(2,33(35,36)37)18-41-28-19(15-38)16-40-29-24(28)13-21(14-25(29)34)42-30(23-5-3-7-26-22(23)6-4-12-39-26)27-17-45(44-43-27)32(10-11-32)20-8-9-20/h3-7,12-14,16-17,20,30,42H,8-11,18H2,1-2H3,(H,40,41). The van der Waals surface area contributed by atoms with Crippen molar-refractivity contribution in [3.05, 3.63) is 82.9 Å². The number of benzene rings is 2. The van der Waals surface area contributed by atoms with Crippen molar-refractivity contribution in [3.63, 3.8) is 0 Å². The Hall–Kier alpha value is -4.43. The van der Waals surface area contributed by atoms with Crippen molar-refractivity contribution in [1.82, 2.24) is 25.0 Å². The van der Waals surface area contributed by atoms with E-state index in [0.29, 0.717) is 28.2 Å². The molecule has 0 amide bonds. The highest BCUT2D eigenvalue weighted by Crippen LogP contribution is 2.59. The monoisotopic (exact) mass is 630 g/mol. The molecule has 0 spiro atoms. The maximum Gasteiger partial charge on any atom is 0.395 e. The average Bonchev–Trinajstić information content (AvgIpc) is 3.95. The number of fused-ring (bicyclic) bond motifs is 2. The van der Waals surface area contributed by atoms with Crippen LogP contribution < -0.4 is 10.6 Å². The number of hydrogen-bond donors (Lipinski definition) is 2. The summed E-state index contributed by atoms with van der Waals surface area (Å²) in [5.41, 5.74) is 1.75. The van der Waals surface area contributed by atoms with Crippen LogP contribution in [0.15, 0.2) is 61.1 Å². The van der Waals surface area contributed by atoms with Crippen molar-refractivity contribution in [3.8, 4) is 6.07 Å². The van der Waals surface area contributed by atoms with Crippen LogP contribution in [0.3, 0.4) is 0 Å². The first-order chi connectivity index (χ1) is 21.5. The van der Waals surface area contributed by atoms with Crippen LogP contribution in [0.5, 0.6) is 0 Å². The van der Waals surface area contributed by atoms with Crippen LogP contribution in [0.25, 0.3) is 21.8 Å². The Bertz CT molecular complexity index is 1970. The lowest BCUT2D eigenvalue weighted by atomic mass is 9.92. The molecule has 2 aliphatic rings. The topological polar surface area (TPSA) is 104 Å². The predicted molar refractivity (Wildman–Crippen MR) is 167 cm³/mol. The highest BCUT2D eigenvalue weighted by Gasteiger charge is 2.56. The van der Waals surface area contributed by atoms with Gasteiger partial charge >= 0.3 is 6.18 Å². The van der Waals surface area contributed by atoms with E-state index in [1.807, 2.05) is 41.2 Å². The third kappa shape index (κ3) is 5.21. The third-order valence-electron chi connectivity index (χ3n) is 9.18. The summed E-state index contributed by atoms with van der Waals surface area (Å²) in [4.78, 5) is 8.90. The number of nitrogens with one attached hydrogen (secondary N) is 2. The highest BCUT2D eigenvalue weighted by molar-refractivity contribution is 6.35. The van der Waals surface area contributed by atoms with Gasteiger partial charge in [0.05, 0.1) is 50.5 Å². The Morgan fingerprint density at radius 1 is 1.11 bits per heavy atom. The Morgan fingerprint density at radius 3 is 2.62 bits per heavy atom. The Morgan fingerprint density at radius 2 is 1.91 bits per heavy atom. The summed E-state index contributed by atoms with van der Waals surface area (Å²) in [7, 11) is 0. The highest BCUT2D eigenvalue weighted by atomic mass is 35.5. The number of alkyl halides is 3. The fourth-order valence-electron chi connectivity index (χ4n) is 6.08. The first-order valence-corrected chi connectivity index (χ1v) is 15.2. The molecule has 2 aromatic carbocycles. The molecule has 2 aliphatic carbocycles. The maximum atomic E-state index is 13.7. The van der Waals surface area contributed by atoms with Gasteiger partial charge in [0.25, 0.3) is 0 Å². The molecule has 2 saturated carbocycles. The number of pyridine rings is 2. The van der Waals surface area contributed by atoms with E-state index in [-0.39, 0.29) is 21.8 Å². The van der Waals surface area contributed by atoms with Crippen LogP contribution in [0.4, 0.5) is 24.5 Å². The zero-order valence-corrected chi connectivity index (χ0v) is 25.4. The molecule has 0 saturated heterocycles. The van der Waals surface area contributed by atoms with Gasteiger partial charge < -0.3 is 10.6 Å². The zero-order valence-electron chi connectivity index (χ0n) is 24.7. The molecule has 2 N–H and O–H groups in total. The van der Waals surface area contributed by atoms with Gasteiger partial charge in [-0.2, -0.15) is 18.4 Å². The molecule has 8 nitrogen and oxygen atoms in total. The molecule has 3 aromatic heterocycles. The number of nitrogens with zero attached hydrogens (tertiary/aromatic N) is 6. The molecule has 0 radical (unpaired) electrons. The summed E-state index contributed by atoms with van der Waals surface area (Å²) >= 11 is 6.74. The molecule has 0 aliphatic heterocycles. The molecule has 7 rings (SSSR count). The summed E-state index contributed by atoms with van der Waals surface area (Å²) in [6, 6.07) is 14.8. The normalized spacial score (nSPS) is 16.8. The lowest BCUT2D eigenvalue weighted by Gasteiger charge is -2.28. The molecular formula is C33H30ClF3N8. The van der Waals surface area contributed by atoms with Crippen LogP contribution >= 0.6 is 11.6 Å². The summed E-state index contributed by atoms with van der Waals surface area (Å²) < 4.78 is 43.1. The molecule has 45 heavy (non-hydrogen) atoms. The van der Waals surface area contributed by atoms with Crippen molar-refractivity contribution >= 4 is 44.8 Å². The summed E-state index contributed by atoms with van der Waals surface area (Å²) in [6.07, 6.45) is 5.22. The van der Waals surface area contributed by atoms with Gasteiger partial charge in [0.15, 0.2) is 0 Å². The molecule has 2 fully saturated rings. The van der Waals surface area contributed by atoms with Gasteiger partial charge in [-0.05, 0) is 75.3 Å². The third-order valence-corrected chi connectivity index (χ3v) is 9.47. The van der Waals surface area contributed by atoms with Gasteiger partial charge in [-0.15, -0.1) is 5.10 Å². The number of rotatable bonds is 9. The van der Waals surface area contributed by atoms with Crippen molar-refractivity contribution in [2.24, 2.45) is 11.3 Å². The minimum Gasteiger partial charge on any atom is -0.382 e. The second-order valence-electron chi connectivity index (χ2n) is 12.7. The zero-order chi connectivity index (χ0) is 31.6. The first kappa shape index (κ1) is 29.3. The van der Waals surface area contributed by atoms with Crippen LogP contribution in [0.2, 0.25) is 5.02 Å². The number of halogens is 4. The quantitative estimate of drug-likeness (QED) is 0.170. The smallest absolute Gasteiger partial charge is 0.382 e. The molecular weight excluding hydrogens is 601 g/mol. The SMILES string of the molecule is CC(C)(CNc1c(C#N)cnc2c(Cl)cc(NC(c3cn(C4(C5CC5)CC4)nn3)c3cccc4ncccc34)cc12)C(F)(F)F. The van der Waals surface area contributed by atoms with Crippen LogP contribution in [0.1, 0.15) is 62.4 Å². The van der Waals surface area contributed by atoms with Crippen molar-refractivity contribution in [2.75, 3.05) is 17.2 Å². The number of anilines is 2. The van der Waals surface area contributed by atoms with Gasteiger partial charge in [0, 0.05) is 35.4 Å². The Balaban J connectivity index is 1.32. The molecule has 1 unspecified atom stereocenters. The van der Waals surface area contributed by atoms with E-state index in [1.165, 1.54) is 19.0 Å². The van der Waals surface area contributed by atoms with Crippen LogP contribution in [-0.4, -0.2) is 37.7 Å². The molecule has 1 atom stereocenters. The molecule has 5 aromatic rings. The molecule has 3 heterocycles. The summed E-state index contributed by atoms with van der Waals surface area (Å²) in [6.45, 7) is 1.78. The van der Waals surface area contributed by atoms with E-state index in [1.54, 1.807) is 18.3 Å². The molecule has 12 heteroatoms. The second kappa shape index (κ2) is 10.6. The average molecular weight is 631 g/mol. The van der Waals surface area contributed by atoms with Gasteiger partial charge in [-0.25, -0.2) is 4.68 Å². The lowest BCUT2D eigenvalue weighted by molar-refractivity contribution is -0.206. The largest absolute Gasteiger partial charge is 0.395 e. The van der Waals surface area contributed by atoms with Crippen molar-refractivity contribution in [2.45, 2.75) is 57.3 Å². The van der Waals surface area contributed by atoms with E-state index < -0.39 is 24.2 Å². The van der Waals surface area contributed by atoms with Gasteiger partial charge in [0.1, 0.15) is 11.8 Å². The number of hydrogen-bond acceptors (Lipinski definition) is 7. The first-order valence-electron chi connectivity index (χ1n) is 14.9. The van der Waals surface area contributed by atoms with Gasteiger partial charge in [-0.1, -0.05) is 35.0 Å². The Kier molecular flexibility index (Phi) is 6.89. The van der Waals surface area contributed by atoms with E-state index >= 15 is 0 Å². The van der Waals surface area contributed by atoms with Gasteiger partial charge in [-0.3, -0.25) is 9.97 Å². The number of nitriles is 1. The molecule has 0 bridgehead atoms. The van der Waals surface area contributed by atoms with Crippen molar-refractivity contribution in [1.29, 1.82) is 5.26 Å². The summed E-state index contributed by atoms with van der Waals surface area (Å²) in [5.74, 6) is 0.634. The maximum absolute atomic E-state index is 13.7. The van der Waals surface area contributed by atoms with E-state index in [0.717, 1.165) is 43.2 Å². The lowest BCUT2D eigenvalue weighted by Crippen LogP contribution is -2.38. The van der Waals surface area contributed by atoms with E-state index in [4.69, 9.17) is 11.6 Å². The fourth-order valence-corrected chi connectivity index (χ4v) is 6.35. The Labute approximate surface area is 262 Å². The van der Waals surface area contributed by atoms with E-state index in [9.17, 15) is 18.4 Å². The number of aromatic nitrogens is 5. The van der Waals surface area contributed by atoms with Crippen LogP contribution in [0, 0.1) is 22.7 Å². The van der Waals surface area contributed by atoms with E-state index in [2.05, 4.69) is 37.0 Å². The molecule has 230 valence electrons. The predicted octanol–water partition coefficient (Wildman–Crippen LogP) is 8.00. The van der Waals surface area contributed by atoms with Crippen molar-refractivity contribution < 1.29 is 13.2 Å². The minimum atomic E-state index is -4.45.